The summed E-state index contributed by atoms with van der Waals surface area (Å²) in [5, 5.41) is 0. The van der Waals surface area contributed by atoms with Gasteiger partial charge in [-0.3, -0.25) is 9.80 Å². The molecule has 0 aromatic heterocycles. The zero-order valence-corrected chi connectivity index (χ0v) is 22.7. The molecule has 7 nitrogen and oxygen atoms in total. The largest absolute Gasteiger partial charge is 0.447 e. The quantitative estimate of drug-likeness (QED) is 0.277. The first-order valence-electron chi connectivity index (χ1n) is 14.4. The van der Waals surface area contributed by atoms with Crippen molar-refractivity contribution in [1.29, 1.82) is 0 Å². The number of rotatable bonds is 9. The average molecular weight is 541 g/mol. The topological polar surface area (TPSA) is 68.3 Å². The number of hydrogen-bond donors (Lipinski definition) is 0. The highest BCUT2D eigenvalue weighted by molar-refractivity contribution is 5.91. The van der Waals surface area contributed by atoms with Crippen LogP contribution in [0.25, 0.3) is 0 Å². The van der Waals surface area contributed by atoms with Crippen LogP contribution < -0.4 is 4.90 Å². The molecule has 0 saturated heterocycles. The number of anilines is 1. The van der Waals surface area contributed by atoms with E-state index in [2.05, 4.69) is 6.07 Å². The van der Waals surface area contributed by atoms with E-state index in [4.69, 9.17) is 14.2 Å². The Kier molecular flexibility index (Phi) is 8.00. The molecule has 2 saturated carbocycles. The minimum absolute atomic E-state index is 0.0218. The number of ether oxygens (including phenoxy) is 3. The molecule has 7 heteroatoms. The molecule has 0 radical (unpaired) electrons. The minimum Gasteiger partial charge on any atom is -0.447 e. The minimum atomic E-state index is -0.331. The van der Waals surface area contributed by atoms with Gasteiger partial charge in [-0.15, -0.1) is 0 Å². The monoisotopic (exact) mass is 540 g/mol. The number of fused-ring (bicyclic) bond motifs is 2. The highest BCUT2D eigenvalue weighted by atomic mass is 16.6. The lowest BCUT2D eigenvalue weighted by atomic mass is 9.82. The number of carbonyl (C=O) groups is 2. The molecular formula is C33H36N2O5. The number of amides is 2. The smallest absolute Gasteiger partial charge is 0.414 e. The third kappa shape index (κ3) is 5.70. The maximum Gasteiger partial charge on any atom is 0.414 e. The molecular weight excluding hydrogens is 504 g/mol. The van der Waals surface area contributed by atoms with Gasteiger partial charge in [-0.25, -0.2) is 9.59 Å². The van der Waals surface area contributed by atoms with E-state index in [-0.39, 0.29) is 49.4 Å². The predicted molar refractivity (Wildman–Crippen MR) is 152 cm³/mol. The molecule has 2 fully saturated rings. The van der Waals surface area contributed by atoms with Crippen molar-refractivity contribution in [2.45, 2.75) is 63.4 Å². The summed E-state index contributed by atoms with van der Waals surface area (Å²) in [4.78, 5) is 30.9. The molecule has 6 rings (SSSR count). The van der Waals surface area contributed by atoms with E-state index >= 15 is 0 Å². The Morgan fingerprint density at radius 2 is 1.43 bits per heavy atom. The molecule has 0 bridgehead atoms. The summed E-state index contributed by atoms with van der Waals surface area (Å²) in [6, 6.07) is 27.7. The first-order chi connectivity index (χ1) is 19.7. The van der Waals surface area contributed by atoms with Gasteiger partial charge in [-0.2, -0.15) is 0 Å². The van der Waals surface area contributed by atoms with Gasteiger partial charge in [0.1, 0.15) is 13.2 Å². The highest BCUT2D eigenvalue weighted by Crippen LogP contribution is 2.52. The van der Waals surface area contributed by atoms with Gasteiger partial charge in [0.15, 0.2) is 0 Å². The summed E-state index contributed by atoms with van der Waals surface area (Å²) in [6.07, 6.45) is 4.15. The first-order valence-corrected chi connectivity index (χ1v) is 14.4. The van der Waals surface area contributed by atoms with Crippen molar-refractivity contribution in [3.63, 3.8) is 0 Å². The molecule has 3 aliphatic rings. The summed E-state index contributed by atoms with van der Waals surface area (Å²) in [5.74, 6) is 0.127. The van der Waals surface area contributed by atoms with Crippen molar-refractivity contribution in [1.82, 2.24) is 4.90 Å². The molecule has 2 amide bonds. The van der Waals surface area contributed by atoms with Crippen LogP contribution in [0.4, 0.5) is 15.3 Å². The fourth-order valence-corrected chi connectivity index (χ4v) is 6.27. The van der Waals surface area contributed by atoms with Crippen molar-refractivity contribution >= 4 is 17.9 Å². The maximum absolute atomic E-state index is 13.6. The lowest BCUT2D eigenvalue weighted by Crippen LogP contribution is -2.53. The Balaban J connectivity index is 1.17. The van der Waals surface area contributed by atoms with Gasteiger partial charge in [0, 0.05) is 18.0 Å². The van der Waals surface area contributed by atoms with Crippen molar-refractivity contribution in [3.8, 4) is 0 Å². The normalized spacial score (nSPS) is 21.3. The van der Waals surface area contributed by atoms with Crippen LogP contribution in [0.1, 0.15) is 54.8 Å². The van der Waals surface area contributed by atoms with Crippen molar-refractivity contribution in [2.24, 2.45) is 5.92 Å². The molecule has 3 unspecified atom stereocenters. The van der Waals surface area contributed by atoms with Crippen LogP contribution in [-0.2, 0) is 27.4 Å². The Bertz CT molecular complexity index is 1300. The van der Waals surface area contributed by atoms with Crippen LogP contribution in [0.15, 0.2) is 84.9 Å². The molecule has 3 atom stereocenters. The molecule has 40 heavy (non-hydrogen) atoms. The molecule has 3 aromatic carbocycles. The van der Waals surface area contributed by atoms with E-state index in [0.717, 1.165) is 54.5 Å². The van der Waals surface area contributed by atoms with Crippen LogP contribution in [0.3, 0.4) is 0 Å². The van der Waals surface area contributed by atoms with Crippen molar-refractivity contribution < 1.29 is 23.8 Å². The summed E-state index contributed by atoms with van der Waals surface area (Å²) in [7, 11) is 0. The molecule has 0 N–H and O–H groups in total. The number of nitrogens with zero attached hydrogens (tertiary/aromatic N) is 2. The van der Waals surface area contributed by atoms with E-state index in [9.17, 15) is 9.59 Å². The van der Waals surface area contributed by atoms with Gasteiger partial charge in [-0.05, 0) is 48.4 Å². The lowest BCUT2D eigenvalue weighted by Gasteiger charge is -2.46. The van der Waals surface area contributed by atoms with E-state index in [1.54, 1.807) is 0 Å². The van der Waals surface area contributed by atoms with Crippen LogP contribution in [-0.4, -0.2) is 42.4 Å². The number of para-hydroxylation sites is 1. The van der Waals surface area contributed by atoms with Gasteiger partial charge in [-0.1, -0.05) is 85.3 Å². The van der Waals surface area contributed by atoms with Gasteiger partial charge in [0.2, 0.25) is 0 Å². The Labute approximate surface area is 235 Å². The molecule has 0 spiro atoms. The third-order valence-corrected chi connectivity index (χ3v) is 8.20. The summed E-state index contributed by atoms with van der Waals surface area (Å²) in [6.45, 7) is 1.26. The second-order valence-electron chi connectivity index (χ2n) is 10.9. The zero-order valence-electron chi connectivity index (χ0n) is 22.7. The van der Waals surface area contributed by atoms with Gasteiger partial charge in [0.25, 0.3) is 0 Å². The van der Waals surface area contributed by atoms with Crippen LogP contribution in [0, 0.1) is 5.92 Å². The third-order valence-electron chi connectivity index (χ3n) is 8.20. The predicted octanol–water partition coefficient (Wildman–Crippen LogP) is 6.87. The average Bonchev–Trinajstić information content (AvgIpc) is 3.71. The van der Waals surface area contributed by atoms with E-state index in [1.807, 2.05) is 88.7 Å². The number of benzene rings is 3. The fraction of sp³-hybridized carbons (Fsp3) is 0.394. The molecule has 2 aliphatic carbocycles. The van der Waals surface area contributed by atoms with E-state index in [1.165, 1.54) is 0 Å². The van der Waals surface area contributed by atoms with Gasteiger partial charge in [0.05, 0.1) is 24.9 Å². The molecule has 208 valence electrons. The Morgan fingerprint density at radius 1 is 0.750 bits per heavy atom. The van der Waals surface area contributed by atoms with Crippen LogP contribution in [0.2, 0.25) is 0 Å². The van der Waals surface area contributed by atoms with Crippen LogP contribution >= 0.6 is 0 Å². The number of carbonyl (C=O) groups excluding carboxylic acids is 2. The lowest BCUT2D eigenvalue weighted by molar-refractivity contribution is 0.0313. The maximum atomic E-state index is 13.6. The first kappa shape index (κ1) is 26.4. The SMILES string of the molecule is O=C(OCc1ccccc1)N1c2ccccc2C(N(C(=O)OCCOCc2ccccc2)C2CC2)C2CCCC21. The molecule has 1 aliphatic heterocycles. The highest BCUT2D eigenvalue weighted by Gasteiger charge is 2.52. The second-order valence-corrected chi connectivity index (χ2v) is 10.9. The zero-order chi connectivity index (χ0) is 27.3. The fourth-order valence-electron chi connectivity index (χ4n) is 6.27. The van der Waals surface area contributed by atoms with Crippen molar-refractivity contribution in [3.05, 3.63) is 102 Å². The Morgan fingerprint density at radius 3 is 2.15 bits per heavy atom. The second kappa shape index (κ2) is 12.1. The molecule has 1 heterocycles. The Hall–Kier alpha value is -3.84. The standard InChI is InChI=1S/C33H36N2O5/c36-32(39-21-20-38-22-24-10-3-1-4-11-24)34(26-18-19-26)31-27-14-7-8-16-29(27)35(30-17-9-15-28(30)31)33(37)40-23-25-12-5-2-6-13-25/h1-8,10-14,16,26,28,30-31H,9,15,17-23H2. The summed E-state index contributed by atoms with van der Waals surface area (Å²) < 4.78 is 17.3. The van der Waals surface area contributed by atoms with Gasteiger partial charge >= 0.3 is 12.2 Å². The van der Waals surface area contributed by atoms with Crippen LogP contribution in [0.5, 0.6) is 0 Å². The summed E-state index contributed by atoms with van der Waals surface area (Å²) in [5.41, 5.74) is 3.87. The van der Waals surface area contributed by atoms with Gasteiger partial charge < -0.3 is 14.2 Å². The van der Waals surface area contributed by atoms with E-state index < -0.39 is 0 Å². The molecule has 3 aromatic rings. The summed E-state index contributed by atoms with van der Waals surface area (Å²) >= 11 is 0. The van der Waals surface area contributed by atoms with Crippen molar-refractivity contribution in [2.75, 3.05) is 18.1 Å². The van der Waals surface area contributed by atoms with E-state index in [0.29, 0.717) is 13.2 Å². The number of hydrogen-bond acceptors (Lipinski definition) is 5.